The van der Waals surface area contributed by atoms with Crippen molar-refractivity contribution in [2.75, 3.05) is 23.9 Å². The average Bonchev–Trinajstić information content (AvgIpc) is 2.55. The Kier molecular flexibility index (Phi) is 3.78. The number of carbonyl (C=O) groups excluding carboxylic acids is 2. The molecule has 112 valence electrons. The van der Waals surface area contributed by atoms with Crippen LogP contribution in [-0.4, -0.2) is 25.5 Å². The van der Waals surface area contributed by atoms with Crippen LogP contribution < -0.4 is 15.0 Å². The summed E-state index contributed by atoms with van der Waals surface area (Å²) in [7, 11) is 1.56. The lowest BCUT2D eigenvalue weighted by molar-refractivity contribution is 0.0981. The number of benzene rings is 2. The summed E-state index contributed by atoms with van der Waals surface area (Å²) in [6, 6.07) is 14.1. The lowest BCUT2D eigenvalue weighted by Gasteiger charge is -2.29. The first-order valence-corrected chi connectivity index (χ1v) is 7.04. The number of ketones is 1. The molecule has 0 saturated carbocycles. The standard InChI is InChI=1S/C17H16N2O3/c1-22-13-7-8-14-15(11-13)19(10-9-16(14)20)17(21)18-12-5-3-2-4-6-12/h2-8,11H,9-10H2,1H3,(H,18,21). The van der Waals surface area contributed by atoms with Gasteiger partial charge in [0, 0.05) is 30.3 Å². The number of Topliss-reactive ketones (excluding diaryl/α,β-unsaturated/α-hetero) is 1. The zero-order valence-electron chi connectivity index (χ0n) is 12.2. The number of fused-ring (bicyclic) bond motifs is 1. The van der Waals surface area contributed by atoms with Crippen LogP contribution in [0.2, 0.25) is 0 Å². The maximum atomic E-state index is 12.5. The van der Waals surface area contributed by atoms with E-state index < -0.39 is 0 Å². The zero-order valence-corrected chi connectivity index (χ0v) is 12.2. The maximum Gasteiger partial charge on any atom is 0.326 e. The quantitative estimate of drug-likeness (QED) is 0.925. The fraction of sp³-hybridized carbons (Fsp3) is 0.176. The number of methoxy groups -OCH3 is 1. The van der Waals surface area contributed by atoms with Crippen molar-refractivity contribution in [3.8, 4) is 5.75 Å². The highest BCUT2D eigenvalue weighted by molar-refractivity contribution is 6.11. The third-order valence-corrected chi connectivity index (χ3v) is 3.63. The molecule has 2 aromatic rings. The second kappa shape index (κ2) is 5.89. The Labute approximate surface area is 128 Å². The SMILES string of the molecule is COc1ccc2c(c1)N(C(=O)Nc1ccccc1)CCC2=O. The first kappa shape index (κ1) is 14.1. The van der Waals surface area contributed by atoms with Crippen LogP contribution in [0.5, 0.6) is 5.75 Å². The van der Waals surface area contributed by atoms with Crippen LogP contribution in [0.25, 0.3) is 0 Å². The van der Waals surface area contributed by atoms with Crippen molar-refractivity contribution in [2.24, 2.45) is 0 Å². The Morgan fingerprint density at radius 1 is 1.18 bits per heavy atom. The Hall–Kier alpha value is -2.82. The van der Waals surface area contributed by atoms with Crippen molar-refractivity contribution in [3.05, 3.63) is 54.1 Å². The molecule has 1 aliphatic rings. The number of rotatable bonds is 2. The molecule has 22 heavy (non-hydrogen) atoms. The number of hydrogen-bond donors (Lipinski definition) is 1. The molecule has 1 aliphatic heterocycles. The lowest BCUT2D eigenvalue weighted by atomic mass is 10.0. The minimum Gasteiger partial charge on any atom is -0.497 e. The van der Waals surface area contributed by atoms with Gasteiger partial charge in [0.15, 0.2) is 5.78 Å². The fourth-order valence-electron chi connectivity index (χ4n) is 2.49. The summed E-state index contributed by atoms with van der Waals surface area (Å²) in [6.45, 7) is 0.359. The monoisotopic (exact) mass is 296 g/mol. The summed E-state index contributed by atoms with van der Waals surface area (Å²) < 4.78 is 5.19. The highest BCUT2D eigenvalue weighted by atomic mass is 16.5. The molecule has 1 heterocycles. The summed E-state index contributed by atoms with van der Waals surface area (Å²) in [5.41, 5.74) is 1.85. The molecule has 0 aliphatic carbocycles. The van der Waals surface area contributed by atoms with Crippen LogP contribution in [0.4, 0.5) is 16.2 Å². The molecule has 0 spiro atoms. The van der Waals surface area contributed by atoms with E-state index in [1.807, 2.05) is 30.3 Å². The molecule has 0 radical (unpaired) electrons. The predicted octanol–water partition coefficient (Wildman–Crippen LogP) is 3.32. The number of anilines is 2. The van der Waals surface area contributed by atoms with E-state index in [2.05, 4.69) is 5.32 Å². The number of nitrogens with zero attached hydrogens (tertiary/aromatic N) is 1. The molecular weight excluding hydrogens is 280 g/mol. The van der Waals surface area contributed by atoms with Crippen molar-refractivity contribution in [1.82, 2.24) is 0 Å². The van der Waals surface area contributed by atoms with Crippen LogP contribution in [0.1, 0.15) is 16.8 Å². The zero-order chi connectivity index (χ0) is 15.5. The first-order valence-electron chi connectivity index (χ1n) is 7.04. The van der Waals surface area contributed by atoms with Gasteiger partial charge in [-0.3, -0.25) is 9.69 Å². The number of carbonyl (C=O) groups is 2. The van der Waals surface area contributed by atoms with Gasteiger partial charge in [0.25, 0.3) is 0 Å². The number of ether oxygens (including phenoxy) is 1. The topological polar surface area (TPSA) is 58.6 Å². The third kappa shape index (κ3) is 2.65. The maximum absolute atomic E-state index is 12.5. The molecule has 0 aromatic heterocycles. The summed E-state index contributed by atoms with van der Waals surface area (Å²) >= 11 is 0. The van der Waals surface area contributed by atoms with E-state index in [0.717, 1.165) is 0 Å². The third-order valence-electron chi connectivity index (χ3n) is 3.63. The molecule has 5 heteroatoms. The van der Waals surface area contributed by atoms with Crippen LogP contribution in [-0.2, 0) is 0 Å². The van der Waals surface area contributed by atoms with Gasteiger partial charge in [-0.2, -0.15) is 0 Å². The van der Waals surface area contributed by atoms with Crippen molar-refractivity contribution in [2.45, 2.75) is 6.42 Å². The minimum atomic E-state index is -0.256. The van der Waals surface area contributed by atoms with Gasteiger partial charge in [-0.05, 0) is 24.3 Å². The Morgan fingerprint density at radius 3 is 2.68 bits per heavy atom. The van der Waals surface area contributed by atoms with Crippen molar-refractivity contribution in [1.29, 1.82) is 0 Å². The number of amides is 2. The van der Waals surface area contributed by atoms with Crippen molar-refractivity contribution in [3.63, 3.8) is 0 Å². The second-order valence-corrected chi connectivity index (χ2v) is 5.00. The normalized spacial score (nSPS) is 13.5. The largest absolute Gasteiger partial charge is 0.497 e. The van der Waals surface area contributed by atoms with E-state index in [4.69, 9.17) is 4.74 Å². The minimum absolute atomic E-state index is 0.0430. The first-order chi connectivity index (χ1) is 10.7. The highest BCUT2D eigenvalue weighted by Gasteiger charge is 2.27. The van der Waals surface area contributed by atoms with Gasteiger partial charge < -0.3 is 10.1 Å². The van der Waals surface area contributed by atoms with Crippen LogP contribution in [0.15, 0.2) is 48.5 Å². The van der Waals surface area contributed by atoms with E-state index in [9.17, 15) is 9.59 Å². The molecule has 0 fully saturated rings. The van der Waals surface area contributed by atoms with Gasteiger partial charge in [-0.1, -0.05) is 18.2 Å². The average molecular weight is 296 g/mol. The number of para-hydroxylation sites is 1. The molecule has 0 saturated heterocycles. The smallest absolute Gasteiger partial charge is 0.326 e. The number of urea groups is 1. The van der Waals surface area contributed by atoms with Crippen LogP contribution in [0.3, 0.4) is 0 Å². The number of hydrogen-bond acceptors (Lipinski definition) is 3. The van der Waals surface area contributed by atoms with E-state index in [0.29, 0.717) is 35.7 Å². The molecule has 2 amide bonds. The summed E-state index contributed by atoms with van der Waals surface area (Å²) in [4.78, 5) is 26.1. The van der Waals surface area contributed by atoms with Crippen molar-refractivity contribution < 1.29 is 14.3 Å². The van der Waals surface area contributed by atoms with E-state index >= 15 is 0 Å². The molecule has 0 bridgehead atoms. The van der Waals surface area contributed by atoms with E-state index in [1.54, 1.807) is 30.2 Å². The van der Waals surface area contributed by atoms with Gasteiger partial charge in [0.2, 0.25) is 0 Å². The lowest BCUT2D eigenvalue weighted by Crippen LogP contribution is -2.40. The second-order valence-electron chi connectivity index (χ2n) is 5.00. The van der Waals surface area contributed by atoms with Crippen LogP contribution >= 0.6 is 0 Å². The molecule has 0 unspecified atom stereocenters. The van der Waals surface area contributed by atoms with Gasteiger partial charge in [-0.15, -0.1) is 0 Å². The Bertz CT molecular complexity index is 713. The summed E-state index contributed by atoms with van der Waals surface area (Å²) in [5, 5.41) is 2.84. The molecule has 3 rings (SSSR count). The fourth-order valence-corrected chi connectivity index (χ4v) is 2.49. The van der Waals surface area contributed by atoms with E-state index in [-0.39, 0.29) is 11.8 Å². The highest BCUT2D eigenvalue weighted by Crippen LogP contribution is 2.31. The molecule has 0 atom stereocenters. The number of nitrogens with one attached hydrogen (secondary N) is 1. The van der Waals surface area contributed by atoms with Crippen LogP contribution in [0, 0.1) is 0 Å². The van der Waals surface area contributed by atoms with Gasteiger partial charge >= 0.3 is 6.03 Å². The molecule has 2 aromatic carbocycles. The Balaban J connectivity index is 1.90. The predicted molar refractivity (Wildman–Crippen MR) is 84.7 cm³/mol. The van der Waals surface area contributed by atoms with Crippen molar-refractivity contribution >= 4 is 23.2 Å². The molecule has 1 N–H and O–H groups in total. The van der Waals surface area contributed by atoms with Gasteiger partial charge in [0.1, 0.15) is 5.75 Å². The van der Waals surface area contributed by atoms with Gasteiger partial charge in [0.05, 0.1) is 12.8 Å². The summed E-state index contributed by atoms with van der Waals surface area (Å²) in [6.07, 6.45) is 0.321. The summed E-state index contributed by atoms with van der Waals surface area (Å²) in [5.74, 6) is 0.660. The molecular formula is C17H16N2O3. The van der Waals surface area contributed by atoms with Gasteiger partial charge in [-0.25, -0.2) is 4.79 Å². The Morgan fingerprint density at radius 2 is 1.95 bits per heavy atom. The van der Waals surface area contributed by atoms with E-state index in [1.165, 1.54) is 0 Å². The molecule has 5 nitrogen and oxygen atoms in total.